The molecule has 0 radical (unpaired) electrons. The molecule has 1 aromatic heterocycles. The quantitative estimate of drug-likeness (QED) is 0.316. The highest BCUT2D eigenvalue weighted by Gasteiger charge is 2.14. The molecule has 31 heavy (non-hydrogen) atoms. The first kappa shape index (κ1) is 23.5. The Balaban J connectivity index is 1.60. The molecule has 0 aliphatic carbocycles. The van der Waals surface area contributed by atoms with Gasteiger partial charge in [0.25, 0.3) is 5.91 Å². The number of benzene rings is 2. The van der Waals surface area contributed by atoms with Crippen LogP contribution in [0.25, 0.3) is 0 Å². The molecule has 2 N–H and O–H groups in total. The Morgan fingerprint density at radius 3 is 2.61 bits per heavy atom. The van der Waals surface area contributed by atoms with Crippen molar-refractivity contribution in [2.45, 2.75) is 41.7 Å². The average Bonchev–Trinajstić information content (AvgIpc) is 3.18. The second kappa shape index (κ2) is 10.9. The van der Waals surface area contributed by atoms with Gasteiger partial charge < -0.3 is 5.32 Å². The van der Waals surface area contributed by atoms with Crippen molar-refractivity contribution in [1.82, 2.24) is 9.71 Å². The second-order valence-corrected chi connectivity index (χ2v) is 10.8. The maximum Gasteiger partial charge on any atom is 0.255 e. The van der Waals surface area contributed by atoms with Crippen molar-refractivity contribution in [3.63, 3.8) is 0 Å². The summed E-state index contributed by atoms with van der Waals surface area (Å²) >= 11 is 3.29. The van der Waals surface area contributed by atoms with Gasteiger partial charge in [-0.2, -0.15) is 0 Å². The highest BCUT2D eigenvalue weighted by Crippen LogP contribution is 2.26. The molecule has 3 aromatic rings. The number of anilines is 1. The van der Waals surface area contributed by atoms with Gasteiger partial charge in [-0.1, -0.05) is 43.3 Å². The minimum atomic E-state index is -3.60. The fourth-order valence-corrected chi connectivity index (χ4v) is 5.63. The van der Waals surface area contributed by atoms with Gasteiger partial charge >= 0.3 is 0 Å². The van der Waals surface area contributed by atoms with Gasteiger partial charge in [0.2, 0.25) is 10.0 Å². The Bertz CT molecular complexity index is 1130. The van der Waals surface area contributed by atoms with Crippen molar-refractivity contribution < 1.29 is 13.2 Å². The van der Waals surface area contributed by atoms with Crippen molar-refractivity contribution in [3.05, 3.63) is 70.7 Å². The number of carbonyl (C=O) groups is 1. The van der Waals surface area contributed by atoms with Crippen LogP contribution in [0.1, 0.15) is 41.4 Å². The molecule has 3 rings (SSSR count). The summed E-state index contributed by atoms with van der Waals surface area (Å²) in [5, 5.41) is 4.80. The number of nitrogens with zero attached hydrogens (tertiary/aromatic N) is 1. The summed E-state index contributed by atoms with van der Waals surface area (Å²) in [6.45, 7) is 4.36. The van der Waals surface area contributed by atoms with Crippen LogP contribution in [-0.2, 0) is 15.8 Å². The number of aryl methyl sites for hydroxylation is 1. The zero-order valence-electron chi connectivity index (χ0n) is 17.4. The van der Waals surface area contributed by atoms with E-state index in [4.69, 9.17) is 0 Å². The van der Waals surface area contributed by atoms with Crippen LogP contribution in [-0.4, -0.2) is 25.9 Å². The summed E-state index contributed by atoms with van der Waals surface area (Å²) in [7, 11) is -3.60. The number of sulfonamides is 1. The zero-order chi connectivity index (χ0) is 22.3. The van der Waals surface area contributed by atoms with E-state index in [1.165, 1.54) is 12.1 Å². The minimum absolute atomic E-state index is 0.131. The number of aromatic nitrogens is 1. The van der Waals surface area contributed by atoms with E-state index in [2.05, 4.69) is 15.0 Å². The van der Waals surface area contributed by atoms with Gasteiger partial charge in [-0.3, -0.25) is 4.79 Å². The van der Waals surface area contributed by atoms with Gasteiger partial charge in [0.15, 0.2) is 0 Å². The topological polar surface area (TPSA) is 88.2 Å². The fourth-order valence-electron chi connectivity index (χ4n) is 2.71. The van der Waals surface area contributed by atoms with Crippen molar-refractivity contribution >= 4 is 44.7 Å². The molecule has 2 aromatic carbocycles. The van der Waals surface area contributed by atoms with E-state index in [0.717, 1.165) is 34.2 Å². The standard InChI is InChI=1S/C22H25N3O3S3/c1-3-4-12-23-31(27,28)20-7-5-6-19(13-20)25-21(26)18-10-8-17(9-11-18)15-30-22-24-16(2)14-29-22/h5-11,13-14,23H,3-4,12,15H2,1-2H3,(H,25,26). The van der Waals surface area contributed by atoms with Gasteiger partial charge in [0.1, 0.15) is 4.34 Å². The highest BCUT2D eigenvalue weighted by molar-refractivity contribution is 8.00. The Labute approximate surface area is 191 Å². The molecule has 6 nitrogen and oxygen atoms in total. The number of unbranched alkanes of at least 4 members (excludes halogenated alkanes) is 1. The summed E-state index contributed by atoms with van der Waals surface area (Å²) in [5.41, 5.74) is 3.06. The maximum absolute atomic E-state index is 12.6. The second-order valence-electron chi connectivity index (χ2n) is 6.97. The van der Waals surface area contributed by atoms with E-state index in [-0.39, 0.29) is 10.8 Å². The van der Waals surface area contributed by atoms with Crippen molar-refractivity contribution in [3.8, 4) is 0 Å². The van der Waals surface area contributed by atoms with E-state index in [9.17, 15) is 13.2 Å². The molecule has 0 unspecified atom stereocenters. The molecule has 1 heterocycles. The lowest BCUT2D eigenvalue weighted by atomic mass is 10.1. The van der Waals surface area contributed by atoms with Crippen LogP contribution in [0.15, 0.2) is 63.1 Å². The third kappa shape index (κ3) is 6.90. The molecule has 0 atom stereocenters. The van der Waals surface area contributed by atoms with Crippen molar-refractivity contribution in [2.24, 2.45) is 0 Å². The number of nitrogens with one attached hydrogen (secondary N) is 2. The number of hydrogen-bond acceptors (Lipinski definition) is 6. The smallest absolute Gasteiger partial charge is 0.255 e. The number of thiazole rings is 1. The van der Waals surface area contributed by atoms with E-state index in [1.54, 1.807) is 47.4 Å². The van der Waals surface area contributed by atoms with Crippen LogP contribution in [0.5, 0.6) is 0 Å². The molecular formula is C22H25N3O3S3. The summed E-state index contributed by atoms with van der Waals surface area (Å²) in [5.74, 6) is 0.489. The molecule has 0 saturated heterocycles. The molecule has 1 amide bonds. The maximum atomic E-state index is 12.6. The average molecular weight is 476 g/mol. The first-order valence-corrected chi connectivity index (χ1v) is 13.3. The number of carbonyl (C=O) groups excluding carboxylic acids is 1. The Kier molecular flexibility index (Phi) is 8.25. The minimum Gasteiger partial charge on any atom is -0.322 e. The fraction of sp³-hybridized carbons (Fsp3) is 0.273. The normalized spacial score (nSPS) is 11.4. The van der Waals surface area contributed by atoms with Gasteiger partial charge in [-0.05, 0) is 49.2 Å². The summed E-state index contributed by atoms with van der Waals surface area (Å²) in [6, 6.07) is 13.6. The van der Waals surface area contributed by atoms with E-state index in [1.807, 2.05) is 31.4 Å². The van der Waals surface area contributed by atoms with Crippen molar-refractivity contribution in [2.75, 3.05) is 11.9 Å². The molecule has 0 aliphatic rings. The SMILES string of the molecule is CCCCNS(=O)(=O)c1cccc(NC(=O)c2ccc(CSc3nc(C)cs3)cc2)c1. The molecular weight excluding hydrogens is 450 g/mol. The molecule has 0 fully saturated rings. The van der Waals surface area contributed by atoms with E-state index in [0.29, 0.717) is 17.8 Å². The molecule has 0 spiro atoms. The van der Waals surface area contributed by atoms with Crippen LogP contribution in [0.3, 0.4) is 0 Å². The molecule has 164 valence electrons. The molecule has 0 aliphatic heterocycles. The first-order valence-electron chi connectivity index (χ1n) is 9.92. The number of thioether (sulfide) groups is 1. The largest absolute Gasteiger partial charge is 0.322 e. The zero-order valence-corrected chi connectivity index (χ0v) is 19.9. The van der Waals surface area contributed by atoms with Crippen LogP contribution >= 0.6 is 23.1 Å². The highest BCUT2D eigenvalue weighted by atomic mass is 32.2. The summed E-state index contributed by atoms with van der Waals surface area (Å²) < 4.78 is 28.4. The summed E-state index contributed by atoms with van der Waals surface area (Å²) in [6.07, 6.45) is 1.67. The molecule has 9 heteroatoms. The molecule has 0 bridgehead atoms. The van der Waals surface area contributed by atoms with Gasteiger partial charge in [-0.15, -0.1) is 11.3 Å². The predicted octanol–water partition coefficient (Wildman–Crippen LogP) is 5.07. The number of rotatable bonds is 10. The van der Waals surface area contributed by atoms with Crippen molar-refractivity contribution in [1.29, 1.82) is 0 Å². The van der Waals surface area contributed by atoms with Crippen LogP contribution in [0, 0.1) is 6.92 Å². The lowest BCUT2D eigenvalue weighted by Gasteiger charge is -2.10. The van der Waals surface area contributed by atoms with Crippen LogP contribution in [0.2, 0.25) is 0 Å². The predicted molar refractivity (Wildman–Crippen MR) is 127 cm³/mol. The lowest BCUT2D eigenvalue weighted by Crippen LogP contribution is -2.24. The Morgan fingerprint density at radius 1 is 1.16 bits per heavy atom. The third-order valence-corrected chi connectivity index (χ3v) is 8.07. The van der Waals surface area contributed by atoms with Crippen LogP contribution in [0.4, 0.5) is 5.69 Å². The first-order chi connectivity index (χ1) is 14.9. The van der Waals surface area contributed by atoms with E-state index < -0.39 is 10.0 Å². The van der Waals surface area contributed by atoms with E-state index >= 15 is 0 Å². The molecule has 0 saturated carbocycles. The Morgan fingerprint density at radius 2 is 1.94 bits per heavy atom. The lowest BCUT2D eigenvalue weighted by molar-refractivity contribution is 0.102. The van der Waals surface area contributed by atoms with Gasteiger partial charge in [-0.25, -0.2) is 18.1 Å². The van der Waals surface area contributed by atoms with Crippen LogP contribution < -0.4 is 10.0 Å². The van der Waals surface area contributed by atoms with Gasteiger partial charge in [0.05, 0.1) is 4.90 Å². The number of hydrogen-bond donors (Lipinski definition) is 2. The Hall–Kier alpha value is -2.20. The monoisotopic (exact) mass is 475 g/mol. The summed E-state index contributed by atoms with van der Waals surface area (Å²) in [4.78, 5) is 17.2. The van der Waals surface area contributed by atoms with Gasteiger partial charge in [0, 0.05) is 34.6 Å². The third-order valence-electron chi connectivity index (χ3n) is 4.40. The number of amides is 1.